The van der Waals surface area contributed by atoms with E-state index in [1.165, 1.54) is 11.8 Å². The third kappa shape index (κ3) is 3.56. The summed E-state index contributed by atoms with van der Waals surface area (Å²) < 4.78 is 5.05. The van der Waals surface area contributed by atoms with Crippen LogP contribution >= 0.6 is 11.8 Å². The molecule has 2 heterocycles. The van der Waals surface area contributed by atoms with Crippen LogP contribution in [0.3, 0.4) is 0 Å². The minimum atomic E-state index is -0.227. The summed E-state index contributed by atoms with van der Waals surface area (Å²) in [6.45, 7) is 0.473. The second-order valence-electron chi connectivity index (χ2n) is 5.72. The summed E-state index contributed by atoms with van der Waals surface area (Å²) >= 11 is 1.38. The van der Waals surface area contributed by atoms with Gasteiger partial charge in [-0.25, -0.2) is 9.97 Å². The molecule has 0 N–H and O–H groups in total. The molecule has 1 fully saturated rings. The Hall–Kier alpha value is -2.66. The second kappa shape index (κ2) is 7.07. The normalized spacial score (nSPS) is 16.6. The molecule has 1 unspecified atom stereocenters. The quantitative estimate of drug-likeness (QED) is 0.522. The van der Waals surface area contributed by atoms with E-state index in [4.69, 9.17) is 4.74 Å². The zero-order valence-electron chi connectivity index (χ0n) is 13.5. The molecule has 2 aromatic carbocycles. The fourth-order valence-electron chi connectivity index (χ4n) is 2.70. The first kappa shape index (κ1) is 15.8. The van der Waals surface area contributed by atoms with Gasteiger partial charge in [-0.3, -0.25) is 4.79 Å². The summed E-state index contributed by atoms with van der Waals surface area (Å²) in [5.41, 5.74) is 3.75. The van der Waals surface area contributed by atoms with Crippen molar-refractivity contribution in [3.05, 3.63) is 66.7 Å². The summed E-state index contributed by atoms with van der Waals surface area (Å²) in [6, 6.07) is 22.0. The molecule has 4 rings (SSSR count). The van der Waals surface area contributed by atoms with E-state index in [0.29, 0.717) is 18.2 Å². The van der Waals surface area contributed by atoms with E-state index < -0.39 is 0 Å². The van der Waals surface area contributed by atoms with E-state index in [1.54, 1.807) is 0 Å². The molecule has 0 aliphatic carbocycles. The van der Waals surface area contributed by atoms with Crippen molar-refractivity contribution in [2.24, 2.45) is 0 Å². The van der Waals surface area contributed by atoms with Crippen LogP contribution in [0.15, 0.2) is 71.9 Å². The number of carbonyl (C=O) groups is 1. The first-order chi connectivity index (χ1) is 12.3. The van der Waals surface area contributed by atoms with E-state index >= 15 is 0 Å². The maximum Gasteiger partial charge on any atom is 0.319 e. The van der Waals surface area contributed by atoms with Crippen LogP contribution in [0.1, 0.15) is 6.42 Å². The van der Waals surface area contributed by atoms with E-state index in [2.05, 4.69) is 9.97 Å². The minimum absolute atomic E-state index is 0.181. The molecule has 1 aliphatic heterocycles. The van der Waals surface area contributed by atoms with Gasteiger partial charge in [0, 0.05) is 17.5 Å². The van der Waals surface area contributed by atoms with Crippen LogP contribution in [0.5, 0.6) is 0 Å². The second-order valence-corrected chi connectivity index (χ2v) is 6.89. The predicted molar refractivity (Wildman–Crippen MR) is 98.1 cm³/mol. The van der Waals surface area contributed by atoms with Gasteiger partial charge in [0.2, 0.25) is 0 Å². The predicted octanol–water partition coefficient (Wildman–Crippen LogP) is 4.22. The van der Waals surface area contributed by atoms with Gasteiger partial charge in [0.1, 0.15) is 5.25 Å². The van der Waals surface area contributed by atoms with Crippen molar-refractivity contribution < 1.29 is 9.53 Å². The molecule has 1 aromatic heterocycles. The topological polar surface area (TPSA) is 52.1 Å². The number of hydrogen-bond donors (Lipinski definition) is 0. The number of carbonyl (C=O) groups excluding carboxylic acids is 1. The molecule has 1 saturated heterocycles. The Morgan fingerprint density at radius 1 is 0.880 bits per heavy atom. The van der Waals surface area contributed by atoms with E-state index in [9.17, 15) is 4.79 Å². The number of thioether (sulfide) groups is 1. The first-order valence-electron chi connectivity index (χ1n) is 8.13. The van der Waals surface area contributed by atoms with Gasteiger partial charge in [0.25, 0.3) is 0 Å². The summed E-state index contributed by atoms with van der Waals surface area (Å²) in [7, 11) is 0. The number of ether oxygens (including phenoxy) is 1. The first-order valence-corrected chi connectivity index (χ1v) is 9.01. The van der Waals surface area contributed by atoms with Gasteiger partial charge in [-0.15, -0.1) is 0 Å². The van der Waals surface area contributed by atoms with E-state index in [1.807, 2.05) is 66.7 Å². The molecule has 3 aromatic rings. The Kier molecular flexibility index (Phi) is 4.48. The number of aromatic nitrogens is 2. The summed E-state index contributed by atoms with van der Waals surface area (Å²) in [5, 5.41) is 0.374. The van der Waals surface area contributed by atoms with Crippen LogP contribution in [0.4, 0.5) is 0 Å². The van der Waals surface area contributed by atoms with Crippen molar-refractivity contribution in [2.45, 2.75) is 16.8 Å². The molecule has 0 saturated carbocycles. The molecule has 1 atom stereocenters. The number of hydrogen-bond acceptors (Lipinski definition) is 5. The maximum atomic E-state index is 11.8. The van der Waals surface area contributed by atoms with Crippen LogP contribution in [-0.2, 0) is 9.53 Å². The maximum absolute atomic E-state index is 11.8. The third-order valence-corrected chi connectivity index (χ3v) is 5.09. The number of rotatable bonds is 4. The smallest absolute Gasteiger partial charge is 0.319 e. The van der Waals surface area contributed by atoms with Gasteiger partial charge in [-0.2, -0.15) is 0 Å². The average Bonchev–Trinajstić information content (AvgIpc) is 3.07. The highest BCUT2D eigenvalue weighted by molar-refractivity contribution is 8.00. The minimum Gasteiger partial charge on any atom is -0.465 e. The third-order valence-electron chi connectivity index (χ3n) is 3.98. The molecule has 0 amide bonds. The number of benzene rings is 2. The highest BCUT2D eigenvalue weighted by atomic mass is 32.2. The molecule has 25 heavy (non-hydrogen) atoms. The molecule has 0 spiro atoms. The van der Waals surface area contributed by atoms with E-state index in [0.717, 1.165) is 22.5 Å². The van der Waals surface area contributed by atoms with Crippen molar-refractivity contribution in [1.82, 2.24) is 9.97 Å². The van der Waals surface area contributed by atoms with Crippen molar-refractivity contribution in [3.63, 3.8) is 0 Å². The van der Waals surface area contributed by atoms with Gasteiger partial charge < -0.3 is 4.74 Å². The fraction of sp³-hybridized carbons (Fsp3) is 0.150. The molecule has 5 heteroatoms. The van der Waals surface area contributed by atoms with Crippen LogP contribution in [0.2, 0.25) is 0 Å². The molecule has 0 bridgehead atoms. The lowest BCUT2D eigenvalue weighted by Gasteiger charge is -2.10. The SMILES string of the molecule is O=C1OCCC1Sc1nc(-c2ccccc2)cc(-c2ccccc2)n1. The van der Waals surface area contributed by atoms with Crippen LogP contribution in [0, 0.1) is 0 Å². The molecule has 1 aliphatic rings. The van der Waals surface area contributed by atoms with Crippen LogP contribution in [-0.4, -0.2) is 27.8 Å². The largest absolute Gasteiger partial charge is 0.465 e. The Morgan fingerprint density at radius 2 is 1.44 bits per heavy atom. The Bertz CT molecular complexity index is 827. The Labute approximate surface area is 150 Å². The van der Waals surface area contributed by atoms with E-state index in [-0.39, 0.29) is 11.2 Å². The average molecular weight is 348 g/mol. The van der Waals surface area contributed by atoms with Crippen LogP contribution in [0.25, 0.3) is 22.5 Å². The standard InChI is InChI=1S/C20H16N2O2S/c23-19-18(11-12-24-19)25-20-21-16(14-7-3-1-4-8-14)13-17(22-20)15-9-5-2-6-10-15/h1-10,13,18H,11-12H2. The molecule has 0 radical (unpaired) electrons. The van der Waals surface area contributed by atoms with Crippen molar-refractivity contribution >= 4 is 17.7 Å². The summed E-state index contributed by atoms with van der Waals surface area (Å²) in [5.74, 6) is -0.181. The van der Waals surface area contributed by atoms with Gasteiger partial charge in [0.15, 0.2) is 5.16 Å². The van der Waals surface area contributed by atoms with Gasteiger partial charge in [-0.1, -0.05) is 72.4 Å². The molecular weight excluding hydrogens is 332 g/mol. The lowest BCUT2D eigenvalue weighted by molar-refractivity contribution is -0.137. The lowest BCUT2D eigenvalue weighted by atomic mass is 10.1. The van der Waals surface area contributed by atoms with Crippen molar-refractivity contribution in [3.8, 4) is 22.5 Å². The van der Waals surface area contributed by atoms with Gasteiger partial charge in [0.05, 0.1) is 18.0 Å². The zero-order chi connectivity index (χ0) is 17.1. The summed E-state index contributed by atoms with van der Waals surface area (Å²) in [4.78, 5) is 21.1. The highest BCUT2D eigenvalue weighted by Gasteiger charge is 2.28. The monoisotopic (exact) mass is 348 g/mol. The molecule has 124 valence electrons. The molecule has 4 nitrogen and oxygen atoms in total. The fourth-order valence-corrected chi connectivity index (χ4v) is 3.64. The van der Waals surface area contributed by atoms with Crippen molar-refractivity contribution in [1.29, 1.82) is 0 Å². The molecular formula is C20H16N2O2S. The highest BCUT2D eigenvalue weighted by Crippen LogP contribution is 2.31. The number of cyclic esters (lactones) is 1. The summed E-state index contributed by atoms with van der Waals surface area (Å²) in [6.07, 6.45) is 0.698. The van der Waals surface area contributed by atoms with Crippen LogP contribution < -0.4 is 0 Å². The number of esters is 1. The lowest BCUT2D eigenvalue weighted by Crippen LogP contribution is -2.10. The zero-order valence-corrected chi connectivity index (χ0v) is 14.3. The van der Waals surface area contributed by atoms with Gasteiger partial charge >= 0.3 is 5.97 Å². The van der Waals surface area contributed by atoms with Crippen molar-refractivity contribution in [2.75, 3.05) is 6.61 Å². The Morgan fingerprint density at radius 3 is 1.92 bits per heavy atom. The van der Waals surface area contributed by atoms with Gasteiger partial charge in [-0.05, 0) is 6.07 Å². The Balaban J connectivity index is 1.76. The number of nitrogens with zero attached hydrogens (tertiary/aromatic N) is 2.